The average Bonchev–Trinajstić information content (AvgIpc) is 2.60. The molecular weight excluding hydrogens is 338 g/mol. The van der Waals surface area contributed by atoms with Crippen LogP contribution < -0.4 is 5.32 Å². The Kier molecular flexibility index (Phi) is 4.90. The number of aliphatic hydroxyl groups is 1. The van der Waals surface area contributed by atoms with Gasteiger partial charge in [-0.2, -0.15) is 0 Å². The van der Waals surface area contributed by atoms with Crippen LogP contribution in [0, 0.1) is 18.6 Å². The number of benzene rings is 1. The zero-order valence-electron chi connectivity index (χ0n) is 14.4. The van der Waals surface area contributed by atoms with E-state index in [-0.39, 0.29) is 12.1 Å². The van der Waals surface area contributed by atoms with Gasteiger partial charge in [-0.05, 0) is 32.0 Å². The van der Waals surface area contributed by atoms with Gasteiger partial charge in [0.2, 0.25) is 0 Å². The molecule has 1 unspecified atom stereocenters. The summed E-state index contributed by atoms with van der Waals surface area (Å²) in [5.41, 5.74) is -0.227. The summed E-state index contributed by atoms with van der Waals surface area (Å²) in [5, 5.41) is 13.6. The lowest BCUT2D eigenvalue weighted by Gasteiger charge is -2.25. The normalized spacial score (nSPS) is 13.3. The number of aryl methyl sites for hydroxylation is 1. The van der Waals surface area contributed by atoms with Gasteiger partial charge in [0.05, 0.1) is 11.4 Å². The van der Waals surface area contributed by atoms with Crippen molar-refractivity contribution in [3.63, 3.8) is 0 Å². The molecule has 7 heteroatoms. The molecule has 3 aromatic rings. The van der Waals surface area contributed by atoms with E-state index in [1.807, 2.05) is 18.2 Å². The molecule has 0 amide bonds. The number of nitrogens with zero attached hydrogens (tertiary/aromatic N) is 3. The average molecular weight is 356 g/mol. The van der Waals surface area contributed by atoms with E-state index >= 15 is 0 Å². The van der Waals surface area contributed by atoms with Crippen LogP contribution in [-0.4, -0.2) is 26.6 Å². The third-order valence-corrected chi connectivity index (χ3v) is 3.89. The van der Waals surface area contributed by atoms with Crippen molar-refractivity contribution in [1.29, 1.82) is 0 Å². The molecule has 2 N–H and O–H groups in total. The van der Waals surface area contributed by atoms with Gasteiger partial charge in [0.15, 0.2) is 0 Å². The summed E-state index contributed by atoms with van der Waals surface area (Å²) in [5.74, 6) is -0.490. The van der Waals surface area contributed by atoms with Crippen LogP contribution in [0.4, 0.5) is 14.6 Å². The second-order valence-electron chi connectivity index (χ2n) is 6.15. The molecule has 0 aliphatic rings. The monoisotopic (exact) mass is 356 g/mol. The minimum absolute atomic E-state index is 0.00197. The third-order valence-electron chi connectivity index (χ3n) is 3.89. The van der Waals surface area contributed by atoms with Crippen molar-refractivity contribution in [3.05, 3.63) is 71.7 Å². The number of nitrogens with one attached hydrogen (secondary N) is 1. The number of aromatic nitrogens is 3. The van der Waals surface area contributed by atoms with Gasteiger partial charge >= 0.3 is 0 Å². The topological polar surface area (TPSA) is 70.9 Å². The van der Waals surface area contributed by atoms with E-state index in [2.05, 4.69) is 20.3 Å². The third kappa shape index (κ3) is 4.00. The van der Waals surface area contributed by atoms with E-state index in [1.165, 1.54) is 13.0 Å². The highest BCUT2D eigenvalue weighted by Gasteiger charge is 2.27. The van der Waals surface area contributed by atoms with Crippen molar-refractivity contribution in [3.8, 4) is 11.4 Å². The lowest BCUT2D eigenvalue weighted by atomic mass is 9.95. The van der Waals surface area contributed by atoms with Gasteiger partial charge in [-0.1, -0.05) is 12.1 Å². The molecule has 0 aliphatic carbocycles. The van der Waals surface area contributed by atoms with Crippen LogP contribution in [0.15, 0.2) is 48.7 Å². The maximum atomic E-state index is 14.0. The van der Waals surface area contributed by atoms with Crippen LogP contribution in [0.5, 0.6) is 0 Å². The number of pyridine rings is 1. The highest BCUT2D eigenvalue weighted by Crippen LogP contribution is 2.25. The van der Waals surface area contributed by atoms with Gasteiger partial charge in [0.25, 0.3) is 0 Å². The first-order chi connectivity index (χ1) is 12.3. The molecule has 0 saturated heterocycles. The smallest absolute Gasteiger partial charge is 0.132 e. The Hall–Kier alpha value is -2.93. The molecular formula is C19H18F2N4O. The largest absolute Gasteiger partial charge is 0.383 e. The van der Waals surface area contributed by atoms with E-state index in [4.69, 9.17) is 0 Å². The molecule has 0 radical (unpaired) electrons. The molecule has 26 heavy (non-hydrogen) atoms. The maximum Gasteiger partial charge on any atom is 0.132 e. The van der Waals surface area contributed by atoms with Gasteiger partial charge in [-0.3, -0.25) is 4.98 Å². The minimum Gasteiger partial charge on any atom is -0.383 e. The first kappa shape index (κ1) is 17.9. The van der Waals surface area contributed by atoms with E-state index in [0.29, 0.717) is 23.0 Å². The van der Waals surface area contributed by atoms with Crippen molar-refractivity contribution in [1.82, 2.24) is 15.0 Å². The van der Waals surface area contributed by atoms with Crippen molar-refractivity contribution in [2.24, 2.45) is 0 Å². The van der Waals surface area contributed by atoms with Crippen LogP contribution in [-0.2, 0) is 5.60 Å². The zero-order valence-corrected chi connectivity index (χ0v) is 14.4. The van der Waals surface area contributed by atoms with Crippen LogP contribution >= 0.6 is 0 Å². The summed E-state index contributed by atoms with van der Waals surface area (Å²) >= 11 is 0. The molecule has 1 atom stereocenters. The molecule has 3 rings (SSSR count). The van der Waals surface area contributed by atoms with Gasteiger partial charge in [-0.25, -0.2) is 18.7 Å². The molecule has 0 spiro atoms. The summed E-state index contributed by atoms with van der Waals surface area (Å²) in [4.78, 5) is 12.9. The number of halogens is 2. The summed E-state index contributed by atoms with van der Waals surface area (Å²) in [6.07, 6.45) is 1.67. The molecule has 0 saturated carbocycles. The van der Waals surface area contributed by atoms with Crippen LogP contribution in [0.1, 0.15) is 18.3 Å². The minimum atomic E-state index is -1.55. The van der Waals surface area contributed by atoms with Crippen molar-refractivity contribution in [2.45, 2.75) is 19.4 Å². The summed E-state index contributed by atoms with van der Waals surface area (Å²) in [6, 6.07) is 10.3. The number of hydrogen-bond donors (Lipinski definition) is 2. The molecule has 2 aromatic heterocycles. The molecule has 2 heterocycles. The predicted octanol–water partition coefficient (Wildman–Crippen LogP) is 3.44. The molecule has 5 nitrogen and oxygen atoms in total. The first-order valence-electron chi connectivity index (χ1n) is 8.04. The summed E-state index contributed by atoms with van der Waals surface area (Å²) < 4.78 is 27.0. The van der Waals surface area contributed by atoms with E-state index < -0.39 is 17.2 Å². The molecule has 0 bridgehead atoms. The zero-order chi connectivity index (χ0) is 18.7. The fraction of sp³-hybridized carbons (Fsp3) is 0.211. The molecule has 134 valence electrons. The molecule has 1 aromatic carbocycles. The van der Waals surface area contributed by atoms with Gasteiger partial charge in [0, 0.05) is 30.4 Å². The quantitative estimate of drug-likeness (QED) is 0.733. The second-order valence-corrected chi connectivity index (χ2v) is 6.15. The van der Waals surface area contributed by atoms with Gasteiger partial charge < -0.3 is 10.4 Å². The van der Waals surface area contributed by atoms with Crippen LogP contribution in [0.3, 0.4) is 0 Å². The summed E-state index contributed by atoms with van der Waals surface area (Å²) in [6.45, 7) is 3.17. The highest BCUT2D eigenvalue weighted by molar-refractivity contribution is 5.58. The van der Waals surface area contributed by atoms with E-state index in [1.54, 1.807) is 19.2 Å². The van der Waals surface area contributed by atoms with Crippen molar-refractivity contribution < 1.29 is 13.9 Å². The second kappa shape index (κ2) is 7.13. The maximum absolute atomic E-state index is 14.0. The summed E-state index contributed by atoms with van der Waals surface area (Å²) in [7, 11) is 0. The lowest BCUT2D eigenvalue weighted by Crippen LogP contribution is -2.32. The van der Waals surface area contributed by atoms with Crippen molar-refractivity contribution >= 4 is 5.82 Å². The number of anilines is 1. The number of hydrogen-bond acceptors (Lipinski definition) is 5. The number of rotatable bonds is 5. The Morgan fingerprint density at radius 1 is 1.08 bits per heavy atom. The van der Waals surface area contributed by atoms with Gasteiger partial charge in [0.1, 0.15) is 28.9 Å². The standard InChI is InChI=1S/C19H18F2N4O/c1-12-24-17(16-5-3-4-8-22-16)10-18(25-12)23-11-19(2,26)14-7-6-13(20)9-15(14)21/h3-10,26H,11H2,1-2H3,(H,23,24,25). The van der Waals surface area contributed by atoms with Crippen LogP contribution in [0.2, 0.25) is 0 Å². The Bertz CT molecular complexity index is 917. The predicted molar refractivity (Wildman–Crippen MR) is 94.4 cm³/mol. The van der Waals surface area contributed by atoms with E-state index in [9.17, 15) is 13.9 Å². The molecule has 0 aliphatic heterocycles. The Morgan fingerprint density at radius 3 is 2.58 bits per heavy atom. The molecule has 0 fully saturated rings. The van der Waals surface area contributed by atoms with E-state index in [0.717, 1.165) is 12.1 Å². The highest BCUT2D eigenvalue weighted by atomic mass is 19.1. The Balaban J connectivity index is 1.82. The van der Waals surface area contributed by atoms with Crippen LogP contribution in [0.25, 0.3) is 11.4 Å². The first-order valence-corrected chi connectivity index (χ1v) is 8.04. The fourth-order valence-electron chi connectivity index (χ4n) is 2.59. The van der Waals surface area contributed by atoms with Crippen molar-refractivity contribution in [2.75, 3.05) is 11.9 Å². The fourth-order valence-corrected chi connectivity index (χ4v) is 2.59. The Labute approximate surface area is 149 Å². The Morgan fingerprint density at radius 2 is 1.88 bits per heavy atom. The van der Waals surface area contributed by atoms with Gasteiger partial charge in [-0.15, -0.1) is 0 Å². The SMILES string of the molecule is Cc1nc(NCC(C)(O)c2ccc(F)cc2F)cc(-c2ccccn2)n1. The lowest BCUT2D eigenvalue weighted by molar-refractivity contribution is 0.0673.